The minimum absolute atomic E-state index is 0.453. The molecule has 5 nitrogen and oxygen atoms in total. The maximum Gasteiger partial charge on any atom is 0.329 e. The standard InChI is InChI=1S/C15H18ClNO4/c16-11-2-1-3-12(10-11)17-14(13(18)19)4-6-15(7-5-14)20-8-9-21-15/h1-3,10,17H,4-9H2,(H,18,19). The number of rotatable bonds is 3. The Kier molecular flexibility index (Phi) is 3.82. The molecular weight excluding hydrogens is 294 g/mol. The van der Waals surface area contributed by atoms with Gasteiger partial charge in [-0.2, -0.15) is 0 Å². The van der Waals surface area contributed by atoms with Crippen LogP contribution in [0.2, 0.25) is 5.02 Å². The summed E-state index contributed by atoms with van der Waals surface area (Å²) < 4.78 is 11.3. The van der Waals surface area contributed by atoms with E-state index in [1.807, 2.05) is 6.07 Å². The van der Waals surface area contributed by atoms with E-state index in [9.17, 15) is 9.90 Å². The first kappa shape index (κ1) is 14.6. The molecule has 0 radical (unpaired) electrons. The number of ether oxygens (including phenoxy) is 2. The van der Waals surface area contributed by atoms with Crippen molar-refractivity contribution < 1.29 is 19.4 Å². The van der Waals surface area contributed by atoms with Gasteiger partial charge in [-0.25, -0.2) is 4.79 Å². The van der Waals surface area contributed by atoms with Crippen LogP contribution in [0, 0.1) is 0 Å². The molecule has 21 heavy (non-hydrogen) atoms. The number of carboxylic acid groups (broad SMARTS) is 1. The Morgan fingerprint density at radius 3 is 2.43 bits per heavy atom. The van der Waals surface area contributed by atoms with E-state index in [1.165, 1.54) is 0 Å². The average Bonchev–Trinajstić information content (AvgIpc) is 2.90. The van der Waals surface area contributed by atoms with Crippen LogP contribution >= 0.6 is 11.6 Å². The number of anilines is 1. The van der Waals surface area contributed by atoms with E-state index in [0.29, 0.717) is 49.6 Å². The Bertz CT molecular complexity index is 532. The fraction of sp³-hybridized carbons (Fsp3) is 0.533. The molecule has 0 unspecified atom stereocenters. The van der Waals surface area contributed by atoms with E-state index >= 15 is 0 Å². The SMILES string of the molecule is O=C(O)C1(Nc2cccc(Cl)c2)CCC2(CC1)OCCO2. The fourth-order valence-corrected chi connectivity index (χ4v) is 3.27. The van der Waals surface area contributed by atoms with Gasteiger partial charge >= 0.3 is 5.97 Å². The van der Waals surface area contributed by atoms with E-state index in [-0.39, 0.29) is 0 Å². The van der Waals surface area contributed by atoms with Gasteiger partial charge in [0.2, 0.25) is 0 Å². The third kappa shape index (κ3) is 2.86. The molecule has 1 heterocycles. The van der Waals surface area contributed by atoms with E-state index in [2.05, 4.69) is 5.32 Å². The van der Waals surface area contributed by atoms with Gasteiger partial charge in [0.25, 0.3) is 0 Å². The van der Waals surface area contributed by atoms with Crippen LogP contribution < -0.4 is 5.32 Å². The lowest BCUT2D eigenvalue weighted by Crippen LogP contribution is -2.53. The normalized spacial score (nSPS) is 23.1. The van der Waals surface area contributed by atoms with Crippen LogP contribution in [-0.2, 0) is 14.3 Å². The van der Waals surface area contributed by atoms with Crippen molar-refractivity contribution in [1.82, 2.24) is 0 Å². The Balaban J connectivity index is 1.77. The summed E-state index contributed by atoms with van der Waals surface area (Å²) in [6.07, 6.45) is 2.06. The minimum atomic E-state index is -0.995. The Hall–Kier alpha value is -1.30. The minimum Gasteiger partial charge on any atom is -0.480 e. The Morgan fingerprint density at radius 2 is 1.86 bits per heavy atom. The molecule has 3 rings (SSSR count). The highest BCUT2D eigenvalue weighted by atomic mass is 35.5. The second kappa shape index (κ2) is 5.48. The molecule has 1 aromatic rings. The third-order valence-electron chi connectivity index (χ3n) is 4.30. The monoisotopic (exact) mass is 311 g/mol. The van der Waals surface area contributed by atoms with E-state index in [0.717, 1.165) is 0 Å². The zero-order valence-corrected chi connectivity index (χ0v) is 12.4. The molecule has 2 fully saturated rings. The second-order valence-electron chi connectivity index (χ2n) is 5.63. The maximum absolute atomic E-state index is 11.8. The van der Waals surface area contributed by atoms with Crippen molar-refractivity contribution in [2.75, 3.05) is 18.5 Å². The van der Waals surface area contributed by atoms with Crippen molar-refractivity contribution in [1.29, 1.82) is 0 Å². The number of halogens is 1. The maximum atomic E-state index is 11.8. The lowest BCUT2D eigenvalue weighted by molar-refractivity contribution is -0.187. The van der Waals surface area contributed by atoms with Gasteiger partial charge in [0.1, 0.15) is 5.54 Å². The lowest BCUT2D eigenvalue weighted by atomic mass is 9.78. The molecule has 0 amide bonds. The Morgan fingerprint density at radius 1 is 1.19 bits per heavy atom. The van der Waals surface area contributed by atoms with Crippen LogP contribution in [0.25, 0.3) is 0 Å². The van der Waals surface area contributed by atoms with Gasteiger partial charge < -0.3 is 19.9 Å². The lowest BCUT2D eigenvalue weighted by Gasteiger charge is -2.41. The zero-order chi connectivity index (χ0) is 14.9. The van der Waals surface area contributed by atoms with Crippen LogP contribution in [0.1, 0.15) is 25.7 Å². The number of hydrogen-bond acceptors (Lipinski definition) is 4. The van der Waals surface area contributed by atoms with Gasteiger partial charge in [-0.05, 0) is 31.0 Å². The van der Waals surface area contributed by atoms with E-state index in [1.54, 1.807) is 18.2 Å². The van der Waals surface area contributed by atoms with Crippen LogP contribution in [-0.4, -0.2) is 35.6 Å². The molecule has 1 aliphatic carbocycles. The number of aliphatic carboxylic acids is 1. The van der Waals surface area contributed by atoms with Crippen molar-refractivity contribution in [3.63, 3.8) is 0 Å². The summed E-state index contributed by atoms with van der Waals surface area (Å²) in [6, 6.07) is 7.12. The molecule has 1 spiro atoms. The highest BCUT2D eigenvalue weighted by molar-refractivity contribution is 6.30. The van der Waals surface area contributed by atoms with Gasteiger partial charge in [-0.1, -0.05) is 17.7 Å². The van der Waals surface area contributed by atoms with Crippen molar-refractivity contribution in [2.45, 2.75) is 37.0 Å². The van der Waals surface area contributed by atoms with Crippen LogP contribution in [0.5, 0.6) is 0 Å². The summed E-state index contributed by atoms with van der Waals surface area (Å²) in [6.45, 7) is 1.17. The van der Waals surface area contributed by atoms with Gasteiger partial charge in [-0.3, -0.25) is 0 Å². The number of carbonyl (C=O) groups is 1. The van der Waals surface area contributed by atoms with Crippen LogP contribution in [0.4, 0.5) is 5.69 Å². The topological polar surface area (TPSA) is 67.8 Å². The highest BCUT2D eigenvalue weighted by Gasteiger charge is 2.50. The molecule has 0 aromatic heterocycles. The molecule has 1 saturated heterocycles. The molecule has 1 aromatic carbocycles. The predicted octanol–water partition coefficient (Wildman–Crippen LogP) is 2.89. The molecule has 2 N–H and O–H groups in total. The van der Waals surface area contributed by atoms with E-state index in [4.69, 9.17) is 21.1 Å². The molecule has 6 heteroatoms. The van der Waals surface area contributed by atoms with Crippen LogP contribution in [0.15, 0.2) is 24.3 Å². The molecule has 1 saturated carbocycles. The summed E-state index contributed by atoms with van der Waals surface area (Å²) in [5.74, 6) is -1.43. The molecule has 0 atom stereocenters. The first-order valence-electron chi connectivity index (χ1n) is 7.09. The molecule has 2 aliphatic rings. The Labute approximate surface area is 128 Å². The van der Waals surface area contributed by atoms with Gasteiger partial charge in [0, 0.05) is 23.6 Å². The number of hydrogen-bond donors (Lipinski definition) is 2. The summed E-state index contributed by atoms with van der Waals surface area (Å²) in [5.41, 5.74) is -0.278. The zero-order valence-electron chi connectivity index (χ0n) is 11.6. The molecule has 0 bridgehead atoms. The van der Waals surface area contributed by atoms with Crippen molar-refractivity contribution in [3.05, 3.63) is 29.3 Å². The average molecular weight is 312 g/mol. The largest absolute Gasteiger partial charge is 0.480 e. The molecule has 1 aliphatic heterocycles. The number of benzene rings is 1. The van der Waals surface area contributed by atoms with Gasteiger partial charge in [0.05, 0.1) is 13.2 Å². The first-order valence-corrected chi connectivity index (χ1v) is 7.47. The smallest absolute Gasteiger partial charge is 0.329 e. The number of nitrogens with one attached hydrogen (secondary N) is 1. The van der Waals surface area contributed by atoms with Gasteiger partial charge in [0.15, 0.2) is 5.79 Å². The van der Waals surface area contributed by atoms with Crippen molar-refractivity contribution in [2.24, 2.45) is 0 Å². The highest BCUT2D eigenvalue weighted by Crippen LogP contribution is 2.42. The van der Waals surface area contributed by atoms with Crippen LogP contribution in [0.3, 0.4) is 0 Å². The fourth-order valence-electron chi connectivity index (χ4n) is 3.08. The summed E-state index contributed by atoms with van der Waals surface area (Å²) >= 11 is 5.96. The number of carboxylic acids is 1. The first-order chi connectivity index (χ1) is 10.0. The summed E-state index contributed by atoms with van der Waals surface area (Å²) in [7, 11) is 0. The predicted molar refractivity (Wildman–Crippen MR) is 78.5 cm³/mol. The second-order valence-corrected chi connectivity index (χ2v) is 6.07. The van der Waals surface area contributed by atoms with Gasteiger partial charge in [-0.15, -0.1) is 0 Å². The molecular formula is C15H18ClNO4. The van der Waals surface area contributed by atoms with E-state index < -0.39 is 17.3 Å². The quantitative estimate of drug-likeness (QED) is 0.898. The third-order valence-corrected chi connectivity index (χ3v) is 4.53. The van der Waals surface area contributed by atoms with Crippen molar-refractivity contribution in [3.8, 4) is 0 Å². The summed E-state index contributed by atoms with van der Waals surface area (Å²) in [4.78, 5) is 11.8. The van der Waals surface area contributed by atoms with Crippen molar-refractivity contribution >= 4 is 23.3 Å². The summed E-state index contributed by atoms with van der Waals surface area (Å²) in [5, 5.41) is 13.4. The molecule has 114 valence electrons.